The molecule has 1 N–H and O–H groups in total. The van der Waals surface area contributed by atoms with Gasteiger partial charge in [-0.15, -0.1) is 0 Å². The number of ether oxygens (including phenoxy) is 1. The number of hydrogen-bond acceptors (Lipinski definition) is 4. The van der Waals surface area contributed by atoms with Crippen molar-refractivity contribution < 1.29 is 14.3 Å². The summed E-state index contributed by atoms with van der Waals surface area (Å²) in [4.78, 5) is 23.4. The molecule has 1 aliphatic heterocycles. The standard InChI is InChI=1S/C27H28NO3PS/c29-26(25-21-33-27(30)28-25)31-19-11-4-12-20-32(22-13-5-1-6-14-22,23-15-7-2-8-16-23)24-17-9-3-10-18-24/h1-3,5-10,13-18,25H,4,11-12,19-21H2/p+1/t25-/m0/s1. The van der Waals surface area contributed by atoms with Gasteiger partial charge < -0.3 is 10.1 Å². The number of rotatable bonds is 10. The predicted molar refractivity (Wildman–Crippen MR) is 140 cm³/mol. The summed E-state index contributed by atoms with van der Waals surface area (Å²) in [6.45, 7) is 0.392. The molecule has 1 heterocycles. The van der Waals surface area contributed by atoms with Crippen molar-refractivity contribution in [2.75, 3.05) is 18.5 Å². The van der Waals surface area contributed by atoms with Crippen LogP contribution in [0.25, 0.3) is 0 Å². The molecule has 4 nitrogen and oxygen atoms in total. The molecular weight excluding hydrogens is 449 g/mol. The van der Waals surface area contributed by atoms with Crippen molar-refractivity contribution in [3.63, 3.8) is 0 Å². The van der Waals surface area contributed by atoms with Crippen molar-refractivity contribution in [2.45, 2.75) is 25.3 Å². The second-order valence-electron chi connectivity index (χ2n) is 8.06. The molecule has 1 amide bonds. The van der Waals surface area contributed by atoms with Gasteiger partial charge in [-0.25, -0.2) is 4.79 Å². The van der Waals surface area contributed by atoms with E-state index in [1.54, 1.807) is 0 Å². The highest BCUT2D eigenvalue weighted by Gasteiger charge is 2.44. The van der Waals surface area contributed by atoms with Gasteiger partial charge in [-0.2, -0.15) is 0 Å². The number of unbranched alkanes of at least 4 members (excludes halogenated alkanes) is 2. The Morgan fingerprint density at radius 2 is 1.33 bits per heavy atom. The fourth-order valence-corrected chi connectivity index (χ4v) is 9.47. The van der Waals surface area contributed by atoms with E-state index in [1.807, 2.05) is 0 Å². The molecule has 6 heteroatoms. The number of benzene rings is 3. The van der Waals surface area contributed by atoms with Gasteiger partial charge in [0.1, 0.15) is 29.2 Å². The molecule has 3 aromatic rings. The van der Waals surface area contributed by atoms with Gasteiger partial charge in [0.2, 0.25) is 0 Å². The second-order valence-corrected chi connectivity index (χ2v) is 12.7. The van der Waals surface area contributed by atoms with Gasteiger partial charge in [0.25, 0.3) is 5.24 Å². The van der Waals surface area contributed by atoms with Crippen LogP contribution in [0.5, 0.6) is 0 Å². The average Bonchev–Trinajstić information content (AvgIpc) is 3.32. The Hall–Kier alpha value is -2.62. The van der Waals surface area contributed by atoms with E-state index in [1.165, 1.54) is 15.9 Å². The highest BCUT2D eigenvalue weighted by Crippen LogP contribution is 2.55. The van der Waals surface area contributed by atoms with Crippen molar-refractivity contribution >= 4 is 46.1 Å². The summed E-state index contributed by atoms with van der Waals surface area (Å²) >= 11 is 1.13. The minimum absolute atomic E-state index is 0.153. The first kappa shape index (κ1) is 23.5. The van der Waals surface area contributed by atoms with E-state index in [9.17, 15) is 9.59 Å². The molecule has 4 rings (SSSR count). The zero-order valence-corrected chi connectivity index (χ0v) is 20.3. The van der Waals surface area contributed by atoms with E-state index in [0.29, 0.717) is 12.4 Å². The third-order valence-corrected chi connectivity index (χ3v) is 11.3. The quantitative estimate of drug-likeness (QED) is 0.265. The molecule has 0 aromatic heterocycles. The summed E-state index contributed by atoms with van der Waals surface area (Å²) in [7, 11) is -1.80. The number of hydrogen-bond donors (Lipinski definition) is 1. The Labute approximate surface area is 200 Å². The molecule has 0 saturated carbocycles. The van der Waals surface area contributed by atoms with Crippen LogP contribution in [0.1, 0.15) is 19.3 Å². The maximum absolute atomic E-state index is 12.1. The molecule has 0 radical (unpaired) electrons. The third-order valence-electron chi connectivity index (χ3n) is 5.93. The lowest BCUT2D eigenvalue weighted by Gasteiger charge is -2.27. The second kappa shape index (κ2) is 11.5. The number of esters is 1. The SMILES string of the molecule is O=C1N[C@H](C(=O)OCCCCC[P+](c2ccccc2)(c2ccccc2)c2ccccc2)CS1. The van der Waals surface area contributed by atoms with Crippen LogP contribution in [0.2, 0.25) is 0 Å². The van der Waals surface area contributed by atoms with E-state index >= 15 is 0 Å². The van der Waals surface area contributed by atoms with Crippen LogP contribution in [-0.4, -0.2) is 35.8 Å². The van der Waals surface area contributed by atoms with E-state index in [-0.39, 0.29) is 11.2 Å². The molecule has 3 aromatic carbocycles. The Balaban J connectivity index is 1.46. The first-order chi connectivity index (χ1) is 16.2. The molecule has 0 aliphatic carbocycles. The van der Waals surface area contributed by atoms with Gasteiger partial charge in [0.15, 0.2) is 0 Å². The Morgan fingerprint density at radius 1 is 0.818 bits per heavy atom. The first-order valence-corrected chi connectivity index (χ1v) is 14.3. The Morgan fingerprint density at radius 3 is 1.79 bits per heavy atom. The van der Waals surface area contributed by atoms with Crippen molar-refractivity contribution in [2.24, 2.45) is 0 Å². The third kappa shape index (κ3) is 5.66. The van der Waals surface area contributed by atoms with Crippen LogP contribution < -0.4 is 21.2 Å². The molecule has 1 saturated heterocycles. The van der Waals surface area contributed by atoms with E-state index in [4.69, 9.17) is 4.74 Å². The summed E-state index contributed by atoms with van der Waals surface area (Å²) in [5.74, 6) is 0.128. The maximum Gasteiger partial charge on any atom is 0.329 e. The van der Waals surface area contributed by atoms with Crippen molar-refractivity contribution in [1.29, 1.82) is 0 Å². The van der Waals surface area contributed by atoms with Crippen LogP contribution in [0.3, 0.4) is 0 Å². The maximum atomic E-state index is 12.1. The van der Waals surface area contributed by atoms with Crippen molar-refractivity contribution in [3.05, 3.63) is 91.0 Å². The van der Waals surface area contributed by atoms with Crippen LogP contribution in [0.4, 0.5) is 4.79 Å². The molecule has 1 atom stereocenters. The molecular formula is C27H29NO3PS+. The number of carbonyl (C=O) groups excluding carboxylic acids is 2. The number of carbonyl (C=O) groups is 2. The fourth-order valence-electron chi connectivity index (χ4n) is 4.29. The van der Waals surface area contributed by atoms with E-state index in [0.717, 1.165) is 37.2 Å². The number of nitrogens with one attached hydrogen (secondary N) is 1. The van der Waals surface area contributed by atoms with Gasteiger partial charge >= 0.3 is 5.97 Å². The van der Waals surface area contributed by atoms with Gasteiger partial charge in [0.05, 0.1) is 12.8 Å². The van der Waals surface area contributed by atoms with Crippen molar-refractivity contribution in [3.8, 4) is 0 Å². The lowest BCUT2D eigenvalue weighted by atomic mass is 10.2. The normalized spacial score (nSPS) is 15.8. The van der Waals surface area contributed by atoms with Crippen LogP contribution in [0, 0.1) is 0 Å². The van der Waals surface area contributed by atoms with Crippen LogP contribution >= 0.6 is 19.0 Å². The van der Waals surface area contributed by atoms with Gasteiger partial charge in [-0.3, -0.25) is 4.79 Å². The molecule has 1 fully saturated rings. The Kier molecular flexibility index (Phi) is 8.20. The molecule has 0 unspecified atom stereocenters. The molecule has 1 aliphatic rings. The molecule has 0 spiro atoms. The lowest BCUT2D eigenvalue weighted by molar-refractivity contribution is -0.145. The summed E-state index contributed by atoms with van der Waals surface area (Å²) in [5, 5.41) is 6.66. The minimum Gasteiger partial charge on any atom is -0.464 e. The highest BCUT2D eigenvalue weighted by atomic mass is 32.2. The topological polar surface area (TPSA) is 55.4 Å². The molecule has 33 heavy (non-hydrogen) atoms. The lowest BCUT2D eigenvalue weighted by Crippen LogP contribution is -2.36. The van der Waals surface area contributed by atoms with Gasteiger partial charge in [0, 0.05) is 5.75 Å². The van der Waals surface area contributed by atoms with E-state index < -0.39 is 13.3 Å². The number of amides is 1. The molecule has 0 bridgehead atoms. The van der Waals surface area contributed by atoms with Crippen LogP contribution in [0.15, 0.2) is 91.0 Å². The van der Waals surface area contributed by atoms with E-state index in [2.05, 4.69) is 96.3 Å². The van der Waals surface area contributed by atoms with Gasteiger partial charge in [-0.05, 0) is 55.7 Å². The minimum atomic E-state index is -1.80. The smallest absolute Gasteiger partial charge is 0.329 e. The summed E-state index contributed by atoms with van der Waals surface area (Å²) < 4.78 is 5.40. The Bertz CT molecular complexity index is 950. The summed E-state index contributed by atoms with van der Waals surface area (Å²) in [6, 6.07) is 32.1. The average molecular weight is 479 g/mol. The highest BCUT2D eigenvalue weighted by molar-refractivity contribution is 8.14. The monoisotopic (exact) mass is 478 g/mol. The molecule has 170 valence electrons. The predicted octanol–water partition coefficient (Wildman–Crippen LogP) is 4.52. The van der Waals surface area contributed by atoms with Gasteiger partial charge in [-0.1, -0.05) is 66.4 Å². The zero-order valence-electron chi connectivity index (χ0n) is 18.6. The first-order valence-electron chi connectivity index (χ1n) is 11.3. The summed E-state index contributed by atoms with van der Waals surface area (Å²) in [6.07, 6.45) is 3.90. The van der Waals surface area contributed by atoms with Crippen molar-refractivity contribution in [1.82, 2.24) is 5.32 Å². The fraction of sp³-hybridized carbons (Fsp3) is 0.259. The largest absolute Gasteiger partial charge is 0.464 e. The number of thioether (sulfide) groups is 1. The van der Waals surface area contributed by atoms with Crippen LogP contribution in [-0.2, 0) is 9.53 Å². The summed E-state index contributed by atoms with van der Waals surface area (Å²) in [5.41, 5.74) is 0. The zero-order chi connectivity index (χ0) is 22.9.